The number of pyridine rings is 1. The van der Waals surface area contributed by atoms with Crippen LogP contribution in [0.25, 0.3) is 0 Å². The van der Waals surface area contributed by atoms with E-state index >= 15 is 0 Å². The molecule has 0 fully saturated rings. The second kappa shape index (κ2) is 5.00. The summed E-state index contributed by atoms with van der Waals surface area (Å²) in [4.78, 5) is 15.0. The van der Waals surface area contributed by atoms with Crippen molar-refractivity contribution in [3.63, 3.8) is 0 Å². The van der Waals surface area contributed by atoms with Crippen molar-refractivity contribution in [2.24, 2.45) is 0 Å². The van der Waals surface area contributed by atoms with Crippen molar-refractivity contribution in [2.75, 3.05) is 0 Å². The maximum atomic E-state index is 10.8. The molecule has 0 saturated carbocycles. The summed E-state index contributed by atoms with van der Waals surface area (Å²) >= 11 is 0. The molecular formula is C15H15NO2. The minimum Gasteiger partial charge on any atom is -0.478 e. The predicted octanol–water partition coefficient (Wildman–Crippen LogP) is 3.24. The van der Waals surface area contributed by atoms with Crippen LogP contribution in [0.5, 0.6) is 0 Å². The Bertz CT molecular complexity index is 561. The first kappa shape index (κ1) is 12.3. The van der Waals surface area contributed by atoms with Gasteiger partial charge in [-0.3, -0.25) is 4.98 Å². The second-order valence-electron chi connectivity index (χ2n) is 4.38. The number of carboxylic acids is 1. The summed E-state index contributed by atoms with van der Waals surface area (Å²) in [6, 6.07) is 11.1. The molecule has 1 atom stereocenters. The lowest BCUT2D eigenvalue weighted by Crippen LogP contribution is -2.00. The Kier molecular flexibility index (Phi) is 3.42. The molecule has 1 N–H and O–H groups in total. The van der Waals surface area contributed by atoms with Crippen LogP contribution in [0.4, 0.5) is 0 Å². The largest absolute Gasteiger partial charge is 0.478 e. The number of aryl methyl sites for hydroxylation is 1. The third kappa shape index (κ3) is 2.56. The van der Waals surface area contributed by atoms with Crippen molar-refractivity contribution >= 4 is 5.97 Å². The summed E-state index contributed by atoms with van der Waals surface area (Å²) in [6.45, 7) is 4.06. The SMILES string of the molecule is Cc1cc(C(C)c2ccc(C(=O)O)cc2)ccn1. The number of rotatable bonds is 3. The van der Waals surface area contributed by atoms with E-state index < -0.39 is 5.97 Å². The normalized spacial score (nSPS) is 12.1. The van der Waals surface area contributed by atoms with E-state index in [4.69, 9.17) is 5.11 Å². The van der Waals surface area contributed by atoms with Crippen LogP contribution in [-0.4, -0.2) is 16.1 Å². The first-order chi connectivity index (χ1) is 8.58. The minimum absolute atomic E-state index is 0.231. The molecule has 1 unspecified atom stereocenters. The van der Waals surface area contributed by atoms with Gasteiger partial charge in [0.2, 0.25) is 0 Å². The van der Waals surface area contributed by atoms with Crippen molar-refractivity contribution in [2.45, 2.75) is 19.8 Å². The third-order valence-electron chi connectivity index (χ3n) is 3.08. The smallest absolute Gasteiger partial charge is 0.335 e. The second-order valence-corrected chi connectivity index (χ2v) is 4.38. The van der Waals surface area contributed by atoms with Crippen LogP contribution < -0.4 is 0 Å². The molecular weight excluding hydrogens is 226 g/mol. The molecule has 0 bridgehead atoms. The van der Waals surface area contributed by atoms with Gasteiger partial charge in [0.15, 0.2) is 0 Å². The number of nitrogens with zero attached hydrogens (tertiary/aromatic N) is 1. The molecule has 0 amide bonds. The summed E-state index contributed by atoms with van der Waals surface area (Å²) in [7, 11) is 0. The van der Waals surface area contributed by atoms with Gasteiger partial charge in [0.05, 0.1) is 5.56 Å². The molecule has 2 rings (SSSR count). The van der Waals surface area contributed by atoms with E-state index in [0.717, 1.165) is 11.3 Å². The zero-order valence-corrected chi connectivity index (χ0v) is 10.4. The molecule has 2 aromatic rings. The first-order valence-electron chi connectivity index (χ1n) is 5.83. The van der Waals surface area contributed by atoms with Gasteiger partial charge in [-0.15, -0.1) is 0 Å². The highest BCUT2D eigenvalue weighted by molar-refractivity contribution is 5.87. The molecule has 1 aromatic carbocycles. The van der Waals surface area contributed by atoms with Gasteiger partial charge in [-0.25, -0.2) is 4.79 Å². The standard InChI is InChI=1S/C15H15NO2/c1-10-9-14(7-8-16-10)11(2)12-3-5-13(6-4-12)15(17)18/h3-9,11H,1-2H3,(H,17,18). The molecule has 0 saturated heterocycles. The summed E-state index contributed by atoms with van der Waals surface area (Å²) < 4.78 is 0. The van der Waals surface area contributed by atoms with Gasteiger partial charge in [-0.2, -0.15) is 0 Å². The van der Waals surface area contributed by atoms with Crippen molar-refractivity contribution in [3.05, 3.63) is 65.0 Å². The average molecular weight is 241 g/mol. The van der Waals surface area contributed by atoms with Gasteiger partial charge in [0, 0.05) is 17.8 Å². The highest BCUT2D eigenvalue weighted by Crippen LogP contribution is 2.24. The number of aromatic nitrogens is 1. The Morgan fingerprint density at radius 2 is 1.83 bits per heavy atom. The molecule has 3 heteroatoms. The average Bonchev–Trinajstić information content (AvgIpc) is 2.38. The first-order valence-corrected chi connectivity index (χ1v) is 5.83. The zero-order valence-electron chi connectivity index (χ0n) is 10.4. The lowest BCUT2D eigenvalue weighted by molar-refractivity contribution is 0.0697. The Hall–Kier alpha value is -2.16. The summed E-state index contributed by atoms with van der Waals surface area (Å²) in [5.74, 6) is -0.663. The quantitative estimate of drug-likeness (QED) is 0.897. The molecule has 0 aliphatic rings. The number of aromatic carboxylic acids is 1. The van der Waals surface area contributed by atoms with Crippen molar-refractivity contribution in [1.82, 2.24) is 4.98 Å². The minimum atomic E-state index is -0.894. The number of hydrogen-bond acceptors (Lipinski definition) is 2. The Labute approximate surface area is 106 Å². The molecule has 0 spiro atoms. The van der Waals surface area contributed by atoms with E-state index in [2.05, 4.69) is 18.0 Å². The van der Waals surface area contributed by atoms with E-state index in [1.807, 2.05) is 25.1 Å². The van der Waals surface area contributed by atoms with Gasteiger partial charge >= 0.3 is 5.97 Å². The fourth-order valence-corrected chi connectivity index (χ4v) is 1.94. The van der Waals surface area contributed by atoms with Crippen LogP contribution in [0, 0.1) is 6.92 Å². The van der Waals surface area contributed by atoms with Crippen molar-refractivity contribution in [3.8, 4) is 0 Å². The van der Waals surface area contributed by atoms with Crippen molar-refractivity contribution in [1.29, 1.82) is 0 Å². The number of hydrogen-bond donors (Lipinski definition) is 1. The van der Waals surface area contributed by atoms with Gasteiger partial charge in [0.25, 0.3) is 0 Å². The highest BCUT2D eigenvalue weighted by Gasteiger charge is 2.10. The lowest BCUT2D eigenvalue weighted by Gasteiger charge is -2.13. The van der Waals surface area contributed by atoms with E-state index in [-0.39, 0.29) is 5.92 Å². The monoisotopic (exact) mass is 241 g/mol. The lowest BCUT2D eigenvalue weighted by atomic mass is 9.93. The van der Waals surface area contributed by atoms with Crippen molar-refractivity contribution < 1.29 is 9.90 Å². The Morgan fingerprint density at radius 3 is 2.39 bits per heavy atom. The maximum Gasteiger partial charge on any atom is 0.335 e. The van der Waals surface area contributed by atoms with E-state index in [9.17, 15) is 4.79 Å². The number of carboxylic acid groups (broad SMARTS) is 1. The summed E-state index contributed by atoms with van der Waals surface area (Å²) in [5, 5.41) is 8.86. The van der Waals surface area contributed by atoms with Crippen LogP contribution >= 0.6 is 0 Å². The maximum absolute atomic E-state index is 10.8. The number of benzene rings is 1. The van der Waals surface area contributed by atoms with Crippen LogP contribution in [0.3, 0.4) is 0 Å². The fourth-order valence-electron chi connectivity index (χ4n) is 1.94. The van der Waals surface area contributed by atoms with Crippen LogP contribution in [0.2, 0.25) is 0 Å². The van der Waals surface area contributed by atoms with Gasteiger partial charge in [0.1, 0.15) is 0 Å². The van der Waals surface area contributed by atoms with Crippen LogP contribution in [-0.2, 0) is 0 Å². The van der Waals surface area contributed by atoms with E-state index in [0.29, 0.717) is 5.56 Å². The third-order valence-corrected chi connectivity index (χ3v) is 3.08. The topological polar surface area (TPSA) is 50.2 Å². The van der Waals surface area contributed by atoms with Gasteiger partial charge in [-0.1, -0.05) is 19.1 Å². The van der Waals surface area contributed by atoms with Crippen LogP contribution in [0.1, 0.15) is 40.0 Å². The van der Waals surface area contributed by atoms with E-state index in [1.165, 1.54) is 5.56 Å². The number of carbonyl (C=O) groups is 1. The molecule has 0 aliphatic carbocycles. The Morgan fingerprint density at radius 1 is 1.17 bits per heavy atom. The molecule has 18 heavy (non-hydrogen) atoms. The zero-order chi connectivity index (χ0) is 13.1. The van der Waals surface area contributed by atoms with Gasteiger partial charge < -0.3 is 5.11 Å². The summed E-state index contributed by atoms with van der Waals surface area (Å²) in [5.41, 5.74) is 3.59. The fraction of sp³-hybridized carbons (Fsp3) is 0.200. The van der Waals surface area contributed by atoms with E-state index in [1.54, 1.807) is 18.3 Å². The highest BCUT2D eigenvalue weighted by atomic mass is 16.4. The Balaban J connectivity index is 2.28. The molecule has 92 valence electrons. The predicted molar refractivity (Wildman–Crippen MR) is 69.9 cm³/mol. The molecule has 1 aromatic heterocycles. The van der Waals surface area contributed by atoms with Crippen LogP contribution in [0.15, 0.2) is 42.6 Å². The molecule has 1 heterocycles. The molecule has 0 aliphatic heterocycles. The summed E-state index contributed by atoms with van der Waals surface area (Å²) in [6.07, 6.45) is 1.80. The molecule has 0 radical (unpaired) electrons. The molecule has 3 nitrogen and oxygen atoms in total. The van der Waals surface area contributed by atoms with Gasteiger partial charge in [-0.05, 0) is 42.3 Å².